The summed E-state index contributed by atoms with van der Waals surface area (Å²) in [5.74, 6) is 1.34. The van der Waals surface area contributed by atoms with Crippen molar-refractivity contribution in [2.75, 3.05) is 18.4 Å². The fourth-order valence-corrected chi connectivity index (χ4v) is 3.72. The van der Waals surface area contributed by atoms with Crippen molar-refractivity contribution in [2.24, 2.45) is 0 Å². The summed E-state index contributed by atoms with van der Waals surface area (Å²) in [5, 5.41) is 19.2. The summed E-state index contributed by atoms with van der Waals surface area (Å²) in [7, 11) is 0. The predicted molar refractivity (Wildman–Crippen MR) is 88.2 cm³/mol. The maximum atomic E-state index is 4.31. The predicted octanol–water partition coefficient (Wildman–Crippen LogP) is 2.36. The summed E-state index contributed by atoms with van der Waals surface area (Å²) in [5.41, 5.74) is 0.936. The quantitative estimate of drug-likeness (QED) is 0.748. The van der Waals surface area contributed by atoms with Gasteiger partial charge in [0.1, 0.15) is 22.2 Å². The molecule has 1 saturated heterocycles. The summed E-state index contributed by atoms with van der Waals surface area (Å²) >= 11 is 3.34. The fourth-order valence-electron chi connectivity index (χ4n) is 2.15. The number of rotatable bonds is 5. The lowest BCUT2D eigenvalue weighted by molar-refractivity contribution is 0.444. The molecule has 112 valence electrons. The average Bonchev–Trinajstić information content (AvgIpc) is 3.15. The van der Waals surface area contributed by atoms with Gasteiger partial charge in [0.05, 0.1) is 17.1 Å². The lowest BCUT2D eigenvalue weighted by Crippen LogP contribution is -2.39. The van der Waals surface area contributed by atoms with Crippen LogP contribution in [0.4, 0.5) is 5.82 Å². The molecule has 3 aromatic heterocycles. The van der Waals surface area contributed by atoms with Crippen molar-refractivity contribution < 1.29 is 0 Å². The normalized spacial score (nSPS) is 14.7. The van der Waals surface area contributed by atoms with Crippen molar-refractivity contribution >= 4 is 28.5 Å². The van der Waals surface area contributed by atoms with E-state index in [-0.39, 0.29) is 0 Å². The van der Waals surface area contributed by atoms with Crippen LogP contribution in [-0.2, 0) is 6.54 Å². The van der Waals surface area contributed by atoms with Gasteiger partial charge >= 0.3 is 0 Å². The molecule has 0 unspecified atom stereocenters. The van der Waals surface area contributed by atoms with Crippen LogP contribution in [0.5, 0.6) is 0 Å². The Morgan fingerprint density at radius 2 is 2.23 bits per heavy atom. The first-order chi connectivity index (χ1) is 10.9. The third-order valence-corrected chi connectivity index (χ3v) is 5.45. The second-order valence-corrected chi connectivity index (χ2v) is 7.05. The molecule has 0 saturated carbocycles. The minimum atomic E-state index is 0.538. The summed E-state index contributed by atoms with van der Waals surface area (Å²) < 4.78 is 0. The zero-order valence-electron chi connectivity index (χ0n) is 11.7. The Hall–Kier alpha value is -1.90. The van der Waals surface area contributed by atoms with E-state index in [1.807, 2.05) is 17.5 Å². The molecule has 2 N–H and O–H groups in total. The zero-order valence-corrected chi connectivity index (χ0v) is 13.3. The van der Waals surface area contributed by atoms with Gasteiger partial charge < -0.3 is 10.6 Å². The Balaban J connectivity index is 1.43. The molecular formula is C14H14N6S2. The van der Waals surface area contributed by atoms with E-state index >= 15 is 0 Å². The number of hydrogen-bond acceptors (Lipinski definition) is 8. The third kappa shape index (κ3) is 2.85. The number of aromatic nitrogens is 4. The summed E-state index contributed by atoms with van der Waals surface area (Å²) in [6.45, 7) is 2.66. The Bertz CT molecular complexity index is 750. The first-order valence-electron chi connectivity index (χ1n) is 7.01. The molecule has 4 rings (SSSR count). The van der Waals surface area contributed by atoms with Gasteiger partial charge in [-0.15, -0.1) is 21.5 Å². The molecule has 1 aliphatic heterocycles. The van der Waals surface area contributed by atoms with E-state index in [2.05, 4.69) is 36.9 Å². The van der Waals surface area contributed by atoms with E-state index in [0.717, 1.165) is 39.5 Å². The van der Waals surface area contributed by atoms with Crippen LogP contribution >= 0.6 is 22.7 Å². The van der Waals surface area contributed by atoms with Crippen molar-refractivity contribution in [1.82, 2.24) is 25.5 Å². The van der Waals surface area contributed by atoms with Gasteiger partial charge in [0.2, 0.25) is 0 Å². The van der Waals surface area contributed by atoms with Crippen LogP contribution in [0, 0.1) is 0 Å². The van der Waals surface area contributed by atoms with Crippen molar-refractivity contribution in [3.63, 3.8) is 0 Å². The molecule has 4 heterocycles. The van der Waals surface area contributed by atoms with Gasteiger partial charge in [-0.1, -0.05) is 17.4 Å². The highest BCUT2D eigenvalue weighted by atomic mass is 32.1. The second-order valence-electron chi connectivity index (χ2n) is 5.01. The molecule has 6 nitrogen and oxygen atoms in total. The molecule has 8 heteroatoms. The average molecular weight is 330 g/mol. The van der Waals surface area contributed by atoms with E-state index in [4.69, 9.17) is 0 Å². The SMILES string of the molecule is c1csc(-c2cc(NCc3nnc(C4CNC4)s3)ncn2)c1. The lowest BCUT2D eigenvalue weighted by atomic mass is 10.1. The number of nitrogens with one attached hydrogen (secondary N) is 2. The topological polar surface area (TPSA) is 75.6 Å². The molecule has 0 amide bonds. The highest BCUT2D eigenvalue weighted by Crippen LogP contribution is 2.25. The second kappa shape index (κ2) is 6.07. The first-order valence-corrected chi connectivity index (χ1v) is 8.71. The molecule has 1 fully saturated rings. The summed E-state index contributed by atoms with van der Waals surface area (Å²) in [6, 6.07) is 6.04. The van der Waals surface area contributed by atoms with Gasteiger partial charge in [-0.05, 0) is 11.4 Å². The summed E-state index contributed by atoms with van der Waals surface area (Å²) in [6.07, 6.45) is 1.59. The fraction of sp³-hybridized carbons (Fsp3) is 0.286. The third-order valence-electron chi connectivity index (χ3n) is 3.47. The molecular weight excluding hydrogens is 316 g/mol. The molecule has 0 radical (unpaired) electrons. The van der Waals surface area contributed by atoms with E-state index in [1.54, 1.807) is 29.0 Å². The molecule has 0 atom stereocenters. The van der Waals surface area contributed by atoms with Crippen LogP contribution in [0.25, 0.3) is 10.6 Å². The van der Waals surface area contributed by atoms with Gasteiger partial charge in [-0.3, -0.25) is 0 Å². The molecule has 0 aliphatic carbocycles. The van der Waals surface area contributed by atoms with E-state index in [1.165, 1.54) is 0 Å². The highest BCUT2D eigenvalue weighted by Gasteiger charge is 2.22. The molecule has 1 aliphatic rings. The van der Waals surface area contributed by atoms with Crippen LogP contribution in [0.15, 0.2) is 29.9 Å². The van der Waals surface area contributed by atoms with Gasteiger partial charge in [0, 0.05) is 25.1 Å². The Kier molecular flexibility index (Phi) is 3.79. The maximum Gasteiger partial charge on any atom is 0.136 e. The smallest absolute Gasteiger partial charge is 0.136 e. The van der Waals surface area contributed by atoms with E-state index in [9.17, 15) is 0 Å². The minimum Gasteiger partial charge on any atom is -0.363 e. The Labute approximate surface area is 135 Å². The minimum absolute atomic E-state index is 0.538. The van der Waals surface area contributed by atoms with Crippen molar-refractivity contribution in [3.05, 3.63) is 39.9 Å². The molecule has 0 bridgehead atoms. The van der Waals surface area contributed by atoms with E-state index in [0.29, 0.717) is 12.5 Å². The largest absolute Gasteiger partial charge is 0.363 e. The van der Waals surface area contributed by atoms with Crippen LogP contribution in [-0.4, -0.2) is 33.3 Å². The molecule has 0 aromatic carbocycles. The van der Waals surface area contributed by atoms with Crippen LogP contribution in [0.1, 0.15) is 15.9 Å². The van der Waals surface area contributed by atoms with Crippen molar-refractivity contribution in [1.29, 1.82) is 0 Å². The standard InChI is InChI=1S/C14H14N6S2/c1-2-11(21-3-1)10-4-12(18-8-17-10)16-7-13-19-20-14(22-13)9-5-15-6-9/h1-4,8-9,15H,5-7H2,(H,16,17,18). The van der Waals surface area contributed by atoms with E-state index < -0.39 is 0 Å². The lowest BCUT2D eigenvalue weighted by Gasteiger charge is -2.23. The molecule has 3 aromatic rings. The molecule has 0 spiro atoms. The van der Waals surface area contributed by atoms with Crippen molar-refractivity contribution in [3.8, 4) is 10.6 Å². The summed E-state index contributed by atoms with van der Waals surface area (Å²) in [4.78, 5) is 9.71. The maximum absolute atomic E-state index is 4.31. The number of nitrogens with zero attached hydrogens (tertiary/aromatic N) is 4. The van der Waals surface area contributed by atoms with Gasteiger partial charge in [0.25, 0.3) is 0 Å². The van der Waals surface area contributed by atoms with Crippen LogP contribution in [0.3, 0.4) is 0 Å². The zero-order chi connectivity index (χ0) is 14.8. The first kappa shape index (κ1) is 13.7. The highest BCUT2D eigenvalue weighted by molar-refractivity contribution is 7.13. The van der Waals surface area contributed by atoms with Gasteiger partial charge in [0.15, 0.2) is 0 Å². The monoisotopic (exact) mass is 330 g/mol. The Morgan fingerprint density at radius 1 is 1.27 bits per heavy atom. The number of anilines is 1. The van der Waals surface area contributed by atoms with Crippen LogP contribution < -0.4 is 10.6 Å². The molecule has 22 heavy (non-hydrogen) atoms. The Morgan fingerprint density at radius 3 is 3.00 bits per heavy atom. The van der Waals surface area contributed by atoms with Gasteiger partial charge in [-0.2, -0.15) is 0 Å². The van der Waals surface area contributed by atoms with Gasteiger partial charge in [-0.25, -0.2) is 9.97 Å². The van der Waals surface area contributed by atoms with Crippen molar-refractivity contribution in [2.45, 2.75) is 12.5 Å². The number of thiophene rings is 1. The number of hydrogen-bond donors (Lipinski definition) is 2. The van der Waals surface area contributed by atoms with Crippen LogP contribution in [0.2, 0.25) is 0 Å².